The highest BCUT2D eigenvalue weighted by Crippen LogP contribution is 2.10. The molecule has 10 heavy (non-hydrogen) atoms. The molecule has 0 saturated heterocycles. The monoisotopic (exact) mass is 135 g/mol. The standard InChI is InChI=1S/C9H13N/c1-7(2)9-6-4-5-8(3)10-9/h4-7H,1-3H3. The lowest BCUT2D eigenvalue weighted by molar-refractivity contribution is 0.815. The maximum atomic E-state index is 4.37. The Morgan fingerprint density at radius 2 is 2.00 bits per heavy atom. The van der Waals surface area contributed by atoms with E-state index < -0.39 is 0 Å². The molecule has 0 bridgehead atoms. The number of pyridine rings is 1. The van der Waals surface area contributed by atoms with Gasteiger partial charge in [-0.15, -0.1) is 0 Å². The van der Waals surface area contributed by atoms with Gasteiger partial charge in [-0.2, -0.15) is 0 Å². The fraction of sp³-hybridized carbons (Fsp3) is 0.444. The molecule has 0 aliphatic heterocycles. The van der Waals surface area contributed by atoms with E-state index in [1.165, 1.54) is 5.69 Å². The van der Waals surface area contributed by atoms with Crippen LogP contribution in [0.4, 0.5) is 0 Å². The van der Waals surface area contributed by atoms with Gasteiger partial charge >= 0.3 is 0 Å². The molecule has 1 aromatic rings. The van der Waals surface area contributed by atoms with Crippen LogP contribution in [-0.4, -0.2) is 4.98 Å². The number of nitrogens with zero attached hydrogens (tertiary/aromatic N) is 1. The van der Waals surface area contributed by atoms with Gasteiger partial charge in [0.25, 0.3) is 0 Å². The Labute approximate surface area is 62.1 Å². The first-order valence-electron chi connectivity index (χ1n) is 3.63. The third-order valence-corrected chi connectivity index (χ3v) is 1.50. The number of hydrogen-bond acceptors (Lipinski definition) is 1. The molecular formula is C9H13N. The van der Waals surface area contributed by atoms with E-state index in [0.717, 1.165) is 5.69 Å². The Balaban J connectivity index is 2.96. The van der Waals surface area contributed by atoms with Crippen molar-refractivity contribution in [1.82, 2.24) is 4.98 Å². The number of hydrogen-bond donors (Lipinski definition) is 0. The van der Waals surface area contributed by atoms with Gasteiger partial charge in [-0.3, -0.25) is 4.98 Å². The van der Waals surface area contributed by atoms with Crippen LogP contribution in [0.5, 0.6) is 0 Å². The van der Waals surface area contributed by atoms with Crippen LogP contribution in [0.15, 0.2) is 18.2 Å². The molecule has 0 aliphatic rings. The SMILES string of the molecule is Cc1cccc(C(C)C)n1. The summed E-state index contributed by atoms with van der Waals surface area (Å²) in [4.78, 5) is 4.37. The molecule has 1 aromatic heterocycles. The molecule has 0 unspecified atom stereocenters. The molecule has 0 fully saturated rings. The van der Waals surface area contributed by atoms with Crippen molar-refractivity contribution < 1.29 is 0 Å². The maximum absolute atomic E-state index is 4.37. The lowest BCUT2D eigenvalue weighted by atomic mass is 10.1. The fourth-order valence-electron chi connectivity index (χ4n) is 0.886. The predicted octanol–water partition coefficient (Wildman–Crippen LogP) is 2.51. The summed E-state index contributed by atoms with van der Waals surface area (Å²) in [7, 11) is 0. The van der Waals surface area contributed by atoms with Gasteiger partial charge in [0.15, 0.2) is 0 Å². The summed E-state index contributed by atoms with van der Waals surface area (Å²) < 4.78 is 0. The summed E-state index contributed by atoms with van der Waals surface area (Å²) in [6.07, 6.45) is 0. The molecule has 0 radical (unpaired) electrons. The summed E-state index contributed by atoms with van der Waals surface area (Å²) in [5.74, 6) is 0.542. The lowest BCUT2D eigenvalue weighted by Crippen LogP contribution is -1.92. The van der Waals surface area contributed by atoms with E-state index in [0.29, 0.717) is 5.92 Å². The molecule has 1 heterocycles. The smallest absolute Gasteiger partial charge is 0.0432 e. The number of rotatable bonds is 1. The van der Waals surface area contributed by atoms with Gasteiger partial charge in [0.05, 0.1) is 0 Å². The van der Waals surface area contributed by atoms with Crippen LogP contribution in [0.3, 0.4) is 0 Å². The van der Waals surface area contributed by atoms with Gasteiger partial charge in [-0.1, -0.05) is 19.9 Å². The highest BCUT2D eigenvalue weighted by atomic mass is 14.7. The van der Waals surface area contributed by atoms with Crippen LogP contribution in [0.25, 0.3) is 0 Å². The molecule has 0 N–H and O–H groups in total. The van der Waals surface area contributed by atoms with E-state index in [1.807, 2.05) is 13.0 Å². The van der Waals surface area contributed by atoms with E-state index >= 15 is 0 Å². The van der Waals surface area contributed by atoms with Gasteiger partial charge in [0.1, 0.15) is 0 Å². The molecule has 54 valence electrons. The lowest BCUT2D eigenvalue weighted by Gasteiger charge is -2.03. The third-order valence-electron chi connectivity index (χ3n) is 1.50. The van der Waals surface area contributed by atoms with Crippen LogP contribution >= 0.6 is 0 Å². The minimum atomic E-state index is 0.542. The molecule has 0 amide bonds. The minimum Gasteiger partial charge on any atom is -0.258 e. The summed E-state index contributed by atoms with van der Waals surface area (Å²) in [5, 5.41) is 0. The Morgan fingerprint density at radius 1 is 1.30 bits per heavy atom. The molecule has 1 heteroatoms. The average molecular weight is 135 g/mol. The quantitative estimate of drug-likeness (QED) is 0.576. The van der Waals surface area contributed by atoms with Gasteiger partial charge in [-0.05, 0) is 25.0 Å². The fourth-order valence-corrected chi connectivity index (χ4v) is 0.886. The second kappa shape index (κ2) is 2.82. The van der Waals surface area contributed by atoms with Crippen LogP contribution in [-0.2, 0) is 0 Å². The number of aryl methyl sites for hydroxylation is 1. The van der Waals surface area contributed by atoms with Crippen LogP contribution in [0.1, 0.15) is 31.2 Å². The second-order valence-corrected chi connectivity index (χ2v) is 2.86. The van der Waals surface area contributed by atoms with Crippen molar-refractivity contribution in [3.05, 3.63) is 29.6 Å². The van der Waals surface area contributed by atoms with E-state index in [1.54, 1.807) is 0 Å². The second-order valence-electron chi connectivity index (χ2n) is 2.86. The Morgan fingerprint density at radius 3 is 2.40 bits per heavy atom. The van der Waals surface area contributed by atoms with Crippen molar-refractivity contribution in [2.24, 2.45) is 0 Å². The Hall–Kier alpha value is -0.850. The first-order chi connectivity index (χ1) is 4.70. The predicted molar refractivity (Wildman–Crippen MR) is 43.1 cm³/mol. The van der Waals surface area contributed by atoms with Crippen LogP contribution in [0.2, 0.25) is 0 Å². The summed E-state index contributed by atoms with van der Waals surface area (Å²) >= 11 is 0. The van der Waals surface area contributed by atoms with Gasteiger partial charge < -0.3 is 0 Å². The van der Waals surface area contributed by atoms with E-state index in [2.05, 4.69) is 31.0 Å². The molecule has 0 saturated carbocycles. The zero-order valence-corrected chi connectivity index (χ0v) is 6.76. The molecule has 1 nitrogen and oxygen atoms in total. The summed E-state index contributed by atoms with van der Waals surface area (Å²) in [5.41, 5.74) is 2.28. The third kappa shape index (κ3) is 1.56. The summed E-state index contributed by atoms with van der Waals surface area (Å²) in [6, 6.07) is 6.14. The van der Waals surface area contributed by atoms with Crippen molar-refractivity contribution in [3.63, 3.8) is 0 Å². The van der Waals surface area contributed by atoms with Gasteiger partial charge in [0.2, 0.25) is 0 Å². The zero-order valence-electron chi connectivity index (χ0n) is 6.76. The molecule has 0 atom stereocenters. The number of aromatic nitrogens is 1. The molecule has 0 aliphatic carbocycles. The van der Waals surface area contributed by atoms with Crippen molar-refractivity contribution in [3.8, 4) is 0 Å². The molecule has 0 aromatic carbocycles. The molecular weight excluding hydrogens is 122 g/mol. The Bertz CT molecular complexity index is 216. The van der Waals surface area contributed by atoms with Crippen molar-refractivity contribution in [1.29, 1.82) is 0 Å². The van der Waals surface area contributed by atoms with E-state index in [4.69, 9.17) is 0 Å². The normalized spacial score (nSPS) is 10.4. The summed E-state index contributed by atoms with van der Waals surface area (Å²) in [6.45, 7) is 6.33. The van der Waals surface area contributed by atoms with E-state index in [9.17, 15) is 0 Å². The topological polar surface area (TPSA) is 12.9 Å². The largest absolute Gasteiger partial charge is 0.258 e. The zero-order chi connectivity index (χ0) is 7.56. The maximum Gasteiger partial charge on any atom is 0.0432 e. The van der Waals surface area contributed by atoms with Gasteiger partial charge in [0, 0.05) is 11.4 Å². The van der Waals surface area contributed by atoms with Crippen molar-refractivity contribution >= 4 is 0 Å². The average Bonchev–Trinajstić information content (AvgIpc) is 1.88. The highest BCUT2D eigenvalue weighted by molar-refractivity contribution is 5.12. The first-order valence-corrected chi connectivity index (χ1v) is 3.63. The molecule has 0 spiro atoms. The van der Waals surface area contributed by atoms with Gasteiger partial charge in [-0.25, -0.2) is 0 Å². The van der Waals surface area contributed by atoms with Crippen molar-refractivity contribution in [2.45, 2.75) is 26.7 Å². The molecule has 1 rings (SSSR count). The Kier molecular flexibility index (Phi) is 2.05. The highest BCUT2D eigenvalue weighted by Gasteiger charge is 1.97. The van der Waals surface area contributed by atoms with Crippen LogP contribution < -0.4 is 0 Å². The van der Waals surface area contributed by atoms with Crippen LogP contribution in [0, 0.1) is 6.92 Å². The van der Waals surface area contributed by atoms with E-state index in [-0.39, 0.29) is 0 Å². The van der Waals surface area contributed by atoms with Crippen molar-refractivity contribution in [2.75, 3.05) is 0 Å². The first kappa shape index (κ1) is 7.26. The minimum absolute atomic E-state index is 0.542.